The summed E-state index contributed by atoms with van der Waals surface area (Å²) in [5.74, 6) is -1.13. The summed E-state index contributed by atoms with van der Waals surface area (Å²) < 4.78 is 10.1. The highest BCUT2D eigenvalue weighted by molar-refractivity contribution is 5.90. The minimum atomic E-state index is -0.467. The molecule has 0 aromatic rings. The Morgan fingerprint density at radius 2 is 1.89 bits per heavy atom. The largest absolute Gasteiger partial charge is 0.466 e. The van der Waals surface area contributed by atoms with Gasteiger partial charge < -0.3 is 9.47 Å². The molecule has 0 N–H and O–H groups in total. The molecule has 1 atom stereocenters. The smallest absolute Gasteiger partial charge is 0.334 e. The van der Waals surface area contributed by atoms with Crippen molar-refractivity contribution in [3.05, 3.63) is 23.8 Å². The summed E-state index contributed by atoms with van der Waals surface area (Å²) in [5, 5.41) is 0. The molecule has 106 valence electrons. The van der Waals surface area contributed by atoms with Crippen molar-refractivity contribution in [1.82, 2.24) is 0 Å². The molecule has 0 aromatic carbocycles. The Hall–Kier alpha value is -1.58. The summed E-state index contributed by atoms with van der Waals surface area (Å²) in [4.78, 5) is 23.9. The molecule has 0 aromatic heterocycles. The van der Waals surface area contributed by atoms with Crippen LogP contribution in [0.15, 0.2) is 23.8 Å². The van der Waals surface area contributed by atoms with Gasteiger partial charge in [-0.05, 0) is 25.7 Å². The zero-order valence-corrected chi connectivity index (χ0v) is 12.1. The Morgan fingerprint density at radius 3 is 2.47 bits per heavy atom. The van der Waals surface area contributed by atoms with E-state index >= 15 is 0 Å². The fourth-order valence-electron chi connectivity index (χ4n) is 2.06. The predicted molar refractivity (Wildman–Crippen MR) is 72.4 cm³/mol. The number of esters is 2. The van der Waals surface area contributed by atoms with Crippen LogP contribution in [0.5, 0.6) is 0 Å². The van der Waals surface area contributed by atoms with Crippen LogP contribution < -0.4 is 0 Å². The monoisotopic (exact) mass is 266 g/mol. The second kappa shape index (κ2) is 6.55. The molecule has 19 heavy (non-hydrogen) atoms. The molecule has 0 fully saturated rings. The van der Waals surface area contributed by atoms with Crippen LogP contribution in [0.1, 0.15) is 34.1 Å². The maximum Gasteiger partial charge on any atom is 0.334 e. The first-order chi connectivity index (χ1) is 8.92. The lowest BCUT2D eigenvalue weighted by Gasteiger charge is -2.26. The van der Waals surface area contributed by atoms with Crippen molar-refractivity contribution in [2.75, 3.05) is 13.2 Å². The summed E-state index contributed by atoms with van der Waals surface area (Å²) in [6, 6.07) is 0. The van der Waals surface area contributed by atoms with E-state index in [2.05, 4.69) is 0 Å². The minimum absolute atomic E-state index is 0.305. The number of hydrogen-bond acceptors (Lipinski definition) is 4. The van der Waals surface area contributed by atoms with Crippen molar-refractivity contribution < 1.29 is 19.1 Å². The van der Waals surface area contributed by atoms with Gasteiger partial charge in [-0.2, -0.15) is 0 Å². The van der Waals surface area contributed by atoms with Crippen LogP contribution in [0.2, 0.25) is 0 Å². The first kappa shape index (κ1) is 15.5. The average molecular weight is 266 g/mol. The fraction of sp³-hybridized carbons (Fsp3) is 0.600. The van der Waals surface area contributed by atoms with Gasteiger partial charge in [0.15, 0.2) is 0 Å². The van der Waals surface area contributed by atoms with Crippen molar-refractivity contribution in [3.63, 3.8) is 0 Å². The van der Waals surface area contributed by atoms with Crippen molar-refractivity contribution in [3.8, 4) is 0 Å². The van der Waals surface area contributed by atoms with Crippen LogP contribution in [0, 0.1) is 11.3 Å². The van der Waals surface area contributed by atoms with Crippen LogP contribution in [0.25, 0.3) is 0 Å². The van der Waals surface area contributed by atoms with Crippen molar-refractivity contribution in [2.24, 2.45) is 11.3 Å². The van der Waals surface area contributed by atoms with E-state index in [-0.39, 0.29) is 17.4 Å². The third kappa shape index (κ3) is 3.94. The molecule has 0 saturated heterocycles. The molecule has 0 bridgehead atoms. The van der Waals surface area contributed by atoms with E-state index in [0.717, 1.165) is 0 Å². The molecule has 0 saturated carbocycles. The Balaban J connectivity index is 3.05. The molecule has 1 rings (SSSR count). The van der Waals surface area contributed by atoms with Gasteiger partial charge in [-0.25, -0.2) is 4.79 Å². The third-order valence-electron chi connectivity index (χ3n) is 3.13. The number of carbonyl (C=O) groups is 2. The number of hydrogen-bond donors (Lipinski definition) is 0. The van der Waals surface area contributed by atoms with Crippen LogP contribution in [-0.2, 0) is 19.1 Å². The number of allylic oxidation sites excluding steroid dienone is 2. The number of ether oxygens (including phenoxy) is 2. The van der Waals surface area contributed by atoms with E-state index in [1.165, 1.54) is 0 Å². The summed E-state index contributed by atoms with van der Waals surface area (Å²) >= 11 is 0. The summed E-state index contributed by atoms with van der Waals surface area (Å²) in [6.45, 7) is 8.10. The van der Waals surface area contributed by atoms with Crippen LogP contribution in [0.3, 0.4) is 0 Å². The third-order valence-corrected chi connectivity index (χ3v) is 3.13. The molecule has 0 heterocycles. The van der Waals surface area contributed by atoms with Gasteiger partial charge in [0.25, 0.3) is 0 Å². The van der Waals surface area contributed by atoms with Gasteiger partial charge in [-0.15, -0.1) is 0 Å². The Morgan fingerprint density at radius 1 is 1.26 bits per heavy atom. The van der Waals surface area contributed by atoms with E-state index in [9.17, 15) is 9.59 Å². The molecule has 0 radical (unpaired) electrons. The lowest BCUT2D eigenvalue weighted by atomic mass is 9.78. The highest BCUT2D eigenvalue weighted by atomic mass is 16.5. The molecule has 1 aliphatic carbocycles. The maximum atomic E-state index is 12.0. The molecule has 4 heteroatoms. The van der Waals surface area contributed by atoms with E-state index in [1.54, 1.807) is 19.9 Å². The van der Waals surface area contributed by atoms with Crippen LogP contribution >= 0.6 is 0 Å². The van der Waals surface area contributed by atoms with Gasteiger partial charge in [0.2, 0.25) is 0 Å². The Bertz CT molecular complexity index is 404. The van der Waals surface area contributed by atoms with Gasteiger partial charge in [0, 0.05) is 5.57 Å². The van der Waals surface area contributed by atoms with Gasteiger partial charge in [-0.1, -0.05) is 32.1 Å². The maximum absolute atomic E-state index is 12.0. The van der Waals surface area contributed by atoms with Crippen LogP contribution in [0.4, 0.5) is 0 Å². The summed E-state index contributed by atoms with van der Waals surface area (Å²) in [6.07, 6.45) is 6.04. The van der Waals surface area contributed by atoms with E-state index < -0.39 is 5.92 Å². The van der Waals surface area contributed by atoms with Gasteiger partial charge in [0.1, 0.15) is 0 Å². The standard InChI is InChI=1S/C15H22O4/c1-5-18-13(16)11-8-7-9-15(3,4)12(10-11)14(17)19-6-2/h7,9-10,12H,5-6,8H2,1-4H3. The van der Waals surface area contributed by atoms with E-state index in [0.29, 0.717) is 25.2 Å². The number of rotatable bonds is 4. The molecule has 1 aliphatic rings. The van der Waals surface area contributed by atoms with E-state index in [4.69, 9.17) is 9.47 Å². The molecule has 4 nitrogen and oxygen atoms in total. The summed E-state index contributed by atoms with van der Waals surface area (Å²) in [5.41, 5.74) is 0.141. The zero-order valence-electron chi connectivity index (χ0n) is 12.1. The Labute approximate surface area is 114 Å². The highest BCUT2D eigenvalue weighted by Crippen LogP contribution is 2.34. The molecule has 0 aliphatic heterocycles. The van der Waals surface area contributed by atoms with Crippen LogP contribution in [-0.4, -0.2) is 25.2 Å². The van der Waals surface area contributed by atoms with Crippen molar-refractivity contribution >= 4 is 11.9 Å². The van der Waals surface area contributed by atoms with Gasteiger partial charge >= 0.3 is 11.9 Å². The lowest BCUT2D eigenvalue weighted by Crippen LogP contribution is -2.29. The number of carbonyl (C=O) groups excluding carboxylic acids is 2. The van der Waals surface area contributed by atoms with E-state index in [1.807, 2.05) is 26.0 Å². The Kier molecular flexibility index (Phi) is 5.33. The fourth-order valence-corrected chi connectivity index (χ4v) is 2.06. The normalized spacial score (nSPS) is 21.3. The molecule has 1 unspecified atom stereocenters. The minimum Gasteiger partial charge on any atom is -0.466 e. The molecular formula is C15H22O4. The first-order valence-electron chi connectivity index (χ1n) is 6.64. The average Bonchev–Trinajstić information content (AvgIpc) is 2.48. The second-order valence-corrected chi connectivity index (χ2v) is 5.07. The van der Waals surface area contributed by atoms with Gasteiger partial charge in [-0.3, -0.25) is 4.79 Å². The molecular weight excluding hydrogens is 244 g/mol. The quantitative estimate of drug-likeness (QED) is 0.580. The first-order valence-corrected chi connectivity index (χ1v) is 6.64. The highest BCUT2D eigenvalue weighted by Gasteiger charge is 2.35. The van der Waals surface area contributed by atoms with Crippen molar-refractivity contribution in [1.29, 1.82) is 0 Å². The zero-order chi connectivity index (χ0) is 14.5. The second-order valence-electron chi connectivity index (χ2n) is 5.07. The SMILES string of the molecule is CCOC(=O)C1=CC(C(=O)OCC)C(C)(C)C=CC1. The molecule has 0 spiro atoms. The lowest BCUT2D eigenvalue weighted by molar-refractivity contribution is -0.148. The van der Waals surface area contributed by atoms with Gasteiger partial charge in [0.05, 0.1) is 19.1 Å². The predicted octanol–water partition coefficient (Wildman–Crippen LogP) is 2.64. The molecule has 0 amide bonds. The van der Waals surface area contributed by atoms with Crippen molar-refractivity contribution in [2.45, 2.75) is 34.1 Å². The summed E-state index contributed by atoms with van der Waals surface area (Å²) in [7, 11) is 0. The topological polar surface area (TPSA) is 52.6 Å².